The first kappa shape index (κ1) is 18.0. The van der Waals surface area contributed by atoms with Gasteiger partial charge in [0, 0.05) is 23.0 Å². The zero-order chi connectivity index (χ0) is 19.0. The molecule has 6 heteroatoms. The highest BCUT2D eigenvalue weighted by Gasteiger charge is 2.38. The number of hydrogen-bond donors (Lipinski definition) is 0. The van der Waals surface area contributed by atoms with Crippen molar-refractivity contribution in [1.29, 1.82) is 5.26 Å². The summed E-state index contributed by atoms with van der Waals surface area (Å²) in [6, 6.07) is 17.9. The molecule has 4 rings (SSSR count). The summed E-state index contributed by atoms with van der Waals surface area (Å²) in [6.45, 7) is 2.55. The van der Waals surface area contributed by atoms with Crippen molar-refractivity contribution >= 4 is 35.0 Å². The molecular weight excluding hydrogens is 378 g/mol. The average molecular weight is 396 g/mol. The topological polar surface area (TPSA) is 47.3 Å². The molecule has 0 bridgehead atoms. The van der Waals surface area contributed by atoms with Crippen molar-refractivity contribution in [2.24, 2.45) is 0 Å². The number of allylic oxidation sites excluding steroid dienone is 1. The molecule has 4 nitrogen and oxygen atoms in total. The third kappa shape index (κ3) is 3.31. The van der Waals surface area contributed by atoms with Crippen LogP contribution in [-0.4, -0.2) is 23.4 Å². The Hall–Kier alpha value is -2.42. The number of nitriles is 1. The molecule has 0 spiro atoms. The summed E-state index contributed by atoms with van der Waals surface area (Å²) in [5.74, 6) is 0.556. The summed E-state index contributed by atoms with van der Waals surface area (Å²) in [7, 11) is 0. The van der Waals surface area contributed by atoms with Gasteiger partial charge in [-0.05, 0) is 36.2 Å². The minimum Gasteiger partial charge on any atom is -0.343 e. The summed E-state index contributed by atoms with van der Waals surface area (Å²) in [4.78, 5) is 16.9. The van der Waals surface area contributed by atoms with Gasteiger partial charge < -0.3 is 4.90 Å². The van der Waals surface area contributed by atoms with Gasteiger partial charge in [0.05, 0.1) is 29.2 Å². The second-order valence-corrected chi connectivity index (χ2v) is 8.07. The number of amides is 1. The summed E-state index contributed by atoms with van der Waals surface area (Å²) in [5, 5.41) is 11.3. The Morgan fingerprint density at radius 1 is 1.19 bits per heavy atom. The zero-order valence-corrected chi connectivity index (χ0v) is 16.4. The molecule has 0 N–H and O–H groups in total. The van der Waals surface area contributed by atoms with E-state index in [2.05, 4.69) is 30.0 Å². The van der Waals surface area contributed by atoms with Gasteiger partial charge in [-0.3, -0.25) is 9.69 Å². The van der Waals surface area contributed by atoms with E-state index >= 15 is 0 Å². The molecule has 2 aliphatic heterocycles. The van der Waals surface area contributed by atoms with Crippen LogP contribution in [0.25, 0.3) is 0 Å². The maximum Gasteiger partial charge on any atom is 0.229 e. The highest BCUT2D eigenvalue weighted by atomic mass is 35.5. The molecule has 27 heavy (non-hydrogen) atoms. The van der Waals surface area contributed by atoms with E-state index in [0.717, 1.165) is 16.3 Å². The number of anilines is 1. The summed E-state index contributed by atoms with van der Waals surface area (Å²) in [6.07, 6.45) is 0.302. The van der Waals surface area contributed by atoms with E-state index in [0.29, 0.717) is 29.6 Å². The quantitative estimate of drug-likeness (QED) is 0.727. The number of thioether (sulfide) groups is 1. The molecule has 2 aliphatic rings. The average Bonchev–Trinajstić information content (AvgIpc) is 2.69. The fraction of sp³-hybridized carbons (Fsp3) is 0.238. The van der Waals surface area contributed by atoms with Crippen LogP contribution in [0, 0.1) is 18.3 Å². The highest BCUT2D eigenvalue weighted by molar-refractivity contribution is 8.03. The first-order valence-electron chi connectivity index (χ1n) is 8.72. The second kappa shape index (κ2) is 7.30. The van der Waals surface area contributed by atoms with Gasteiger partial charge in [0.1, 0.15) is 0 Å². The number of nitrogens with zero attached hydrogens (tertiary/aromatic N) is 3. The lowest BCUT2D eigenvalue weighted by Gasteiger charge is -2.42. The number of para-hydroxylation sites is 1. The van der Waals surface area contributed by atoms with E-state index in [1.54, 1.807) is 28.8 Å². The molecular formula is C21H18ClN3OS. The van der Waals surface area contributed by atoms with Crippen molar-refractivity contribution in [3.8, 4) is 6.07 Å². The Morgan fingerprint density at radius 3 is 2.63 bits per heavy atom. The molecule has 1 fully saturated rings. The number of carbonyl (C=O) groups is 1. The Labute approximate surface area is 168 Å². The maximum absolute atomic E-state index is 12.9. The summed E-state index contributed by atoms with van der Waals surface area (Å²) in [5.41, 5.74) is 3.93. The van der Waals surface area contributed by atoms with Crippen molar-refractivity contribution in [3.05, 3.63) is 75.3 Å². The van der Waals surface area contributed by atoms with E-state index in [4.69, 9.17) is 11.6 Å². The van der Waals surface area contributed by atoms with Crippen molar-refractivity contribution in [2.45, 2.75) is 19.3 Å². The van der Waals surface area contributed by atoms with Crippen LogP contribution in [-0.2, 0) is 4.79 Å². The number of benzene rings is 2. The highest BCUT2D eigenvalue weighted by Crippen LogP contribution is 2.43. The predicted molar refractivity (Wildman–Crippen MR) is 109 cm³/mol. The lowest BCUT2D eigenvalue weighted by atomic mass is 9.86. The Kier molecular flexibility index (Phi) is 4.86. The van der Waals surface area contributed by atoms with Gasteiger partial charge in [-0.15, -0.1) is 0 Å². The Balaban J connectivity index is 1.68. The number of fused-ring (bicyclic) bond motifs is 1. The molecule has 1 saturated heterocycles. The lowest BCUT2D eigenvalue weighted by Crippen LogP contribution is -2.47. The number of halogens is 1. The van der Waals surface area contributed by atoms with Crippen LogP contribution >= 0.6 is 23.4 Å². The van der Waals surface area contributed by atoms with E-state index in [1.165, 1.54) is 5.56 Å². The molecule has 2 aromatic carbocycles. The van der Waals surface area contributed by atoms with Gasteiger partial charge in [0.15, 0.2) is 0 Å². The first-order chi connectivity index (χ1) is 13.1. The van der Waals surface area contributed by atoms with E-state index in [-0.39, 0.29) is 11.8 Å². The fourth-order valence-electron chi connectivity index (χ4n) is 3.61. The normalized spacial score (nSPS) is 19.7. The predicted octanol–water partition coefficient (Wildman–Crippen LogP) is 4.87. The van der Waals surface area contributed by atoms with E-state index in [9.17, 15) is 10.1 Å². The Morgan fingerprint density at radius 2 is 1.93 bits per heavy atom. The second-order valence-electron chi connectivity index (χ2n) is 6.70. The molecule has 136 valence electrons. The van der Waals surface area contributed by atoms with Crippen LogP contribution in [0.1, 0.15) is 23.5 Å². The van der Waals surface area contributed by atoms with Crippen LogP contribution in [0.4, 0.5) is 5.69 Å². The molecule has 0 aromatic heterocycles. The van der Waals surface area contributed by atoms with Crippen LogP contribution in [0.15, 0.2) is 59.1 Å². The molecule has 0 aliphatic carbocycles. The van der Waals surface area contributed by atoms with Gasteiger partial charge >= 0.3 is 0 Å². The monoisotopic (exact) mass is 395 g/mol. The SMILES string of the molecule is Cc1ccccc1N1CSC2=C(C#N)C(c3ccc(Cl)cc3)CC(=O)N2C1. The van der Waals surface area contributed by atoms with Crippen LogP contribution in [0.5, 0.6) is 0 Å². The third-order valence-corrected chi connectivity index (χ3v) is 6.43. The minimum absolute atomic E-state index is 0.0507. The third-order valence-electron chi connectivity index (χ3n) is 5.02. The van der Waals surface area contributed by atoms with Gasteiger partial charge in [0.25, 0.3) is 0 Å². The van der Waals surface area contributed by atoms with Crippen molar-refractivity contribution in [2.75, 3.05) is 17.4 Å². The van der Waals surface area contributed by atoms with Crippen molar-refractivity contribution < 1.29 is 4.79 Å². The lowest BCUT2D eigenvalue weighted by molar-refractivity contribution is -0.129. The van der Waals surface area contributed by atoms with Gasteiger partial charge in [0.2, 0.25) is 5.91 Å². The summed E-state index contributed by atoms with van der Waals surface area (Å²) >= 11 is 7.54. The molecule has 2 aromatic rings. The van der Waals surface area contributed by atoms with E-state index in [1.807, 2.05) is 24.3 Å². The maximum atomic E-state index is 12.9. The van der Waals surface area contributed by atoms with E-state index < -0.39 is 0 Å². The van der Waals surface area contributed by atoms with Gasteiger partial charge in [-0.1, -0.05) is 53.7 Å². The zero-order valence-electron chi connectivity index (χ0n) is 14.9. The number of carbonyl (C=O) groups excluding carboxylic acids is 1. The van der Waals surface area contributed by atoms with Crippen LogP contribution in [0.3, 0.4) is 0 Å². The van der Waals surface area contributed by atoms with Gasteiger partial charge in [-0.25, -0.2) is 0 Å². The molecule has 2 heterocycles. The number of hydrogen-bond acceptors (Lipinski definition) is 4. The van der Waals surface area contributed by atoms with Crippen LogP contribution < -0.4 is 4.90 Å². The number of aryl methyl sites for hydroxylation is 1. The number of rotatable bonds is 2. The molecule has 0 saturated carbocycles. The minimum atomic E-state index is -0.205. The first-order valence-corrected chi connectivity index (χ1v) is 10.1. The molecule has 0 radical (unpaired) electrons. The molecule has 1 amide bonds. The molecule has 1 unspecified atom stereocenters. The van der Waals surface area contributed by atoms with Gasteiger partial charge in [-0.2, -0.15) is 5.26 Å². The van der Waals surface area contributed by atoms with Crippen molar-refractivity contribution in [3.63, 3.8) is 0 Å². The standard InChI is InChI=1S/C21H18ClN3OS/c1-14-4-2-3-5-19(14)24-12-25-20(26)10-17(15-6-8-16(22)9-7-15)18(11-23)21(25)27-13-24/h2-9,17H,10,12-13H2,1H3. The largest absolute Gasteiger partial charge is 0.343 e. The van der Waals surface area contributed by atoms with Crippen LogP contribution in [0.2, 0.25) is 5.02 Å². The summed E-state index contributed by atoms with van der Waals surface area (Å²) < 4.78 is 0. The fourth-order valence-corrected chi connectivity index (χ4v) is 4.90. The van der Waals surface area contributed by atoms with Crippen molar-refractivity contribution in [1.82, 2.24) is 4.90 Å². The smallest absolute Gasteiger partial charge is 0.229 e. The Bertz CT molecular complexity index is 964. The molecule has 1 atom stereocenters.